The van der Waals surface area contributed by atoms with Crippen LogP contribution in [0.25, 0.3) is 11.5 Å². The smallest absolute Gasteiger partial charge is 0.226 e. The monoisotopic (exact) mass is 323 g/mol. The molecule has 0 atom stereocenters. The van der Waals surface area contributed by atoms with Crippen molar-refractivity contribution < 1.29 is 14.3 Å². The fourth-order valence-electron chi connectivity index (χ4n) is 2.56. The second-order valence-corrected chi connectivity index (χ2v) is 5.63. The largest absolute Gasteiger partial charge is 0.508 e. The number of aromatic nitrogens is 1. The Kier molecular flexibility index (Phi) is 4.85. The zero-order valence-electron chi connectivity index (χ0n) is 14.0. The highest BCUT2D eigenvalue weighted by molar-refractivity contribution is 5.53. The molecular weight excluding hydrogens is 302 g/mol. The third-order valence-corrected chi connectivity index (χ3v) is 3.95. The summed E-state index contributed by atoms with van der Waals surface area (Å²) in [6.45, 7) is 4.43. The summed E-state index contributed by atoms with van der Waals surface area (Å²) in [4.78, 5) is 4.57. The van der Waals surface area contributed by atoms with Gasteiger partial charge in [-0.3, -0.25) is 0 Å². The zero-order valence-corrected chi connectivity index (χ0v) is 14.0. The molecule has 1 heterocycles. The van der Waals surface area contributed by atoms with E-state index in [4.69, 9.17) is 9.15 Å². The van der Waals surface area contributed by atoms with Crippen LogP contribution in [0.5, 0.6) is 11.5 Å². The van der Waals surface area contributed by atoms with Crippen molar-refractivity contribution in [2.75, 3.05) is 6.61 Å². The molecule has 3 aromatic rings. The Morgan fingerprint density at radius 1 is 1.12 bits per heavy atom. The molecule has 0 bridgehead atoms. The lowest BCUT2D eigenvalue weighted by Gasteiger charge is -2.08. The van der Waals surface area contributed by atoms with Crippen LogP contribution in [0.15, 0.2) is 52.9 Å². The number of nitrogens with zero attached hydrogens (tertiary/aromatic N) is 1. The van der Waals surface area contributed by atoms with Crippen molar-refractivity contribution in [3.8, 4) is 23.0 Å². The van der Waals surface area contributed by atoms with Gasteiger partial charge in [0.25, 0.3) is 0 Å². The van der Waals surface area contributed by atoms with Crippen molar-refractivity contribution in [2.45, 2.75) is 26.7 Å². The van der Waals surface area contributed by atoms with Gasteiger partial charge >= 0.3 is 0 Å². The summed E-state index contributed by atoms with van der Waals surface area (Å²) in [6, 6.07) is 15.2. The molecule has 3 rings (SSSR count). The minimum Gasteiger partial charge on any atom is -0.508 e. The number of rotatable bonds is 6. The molecule has 0 radical (unpaired) electrons. The first-order chi connectivity index (χ1) is 11.7. The average molecular weight is 323 g/mol. The molecule has 124 valence electrons. The normalized spacial score (nSPS) is 10.8. The van der Waals surface area contributed by atoms with E-state index in [0.29, 0.717) is 24.7 Å². The first kappa shape index (κ1) is 16.1. The molecule has 0 saturated heterocycles. The van der Waals surface area contributed by atoms with Gasteiger partial charge < -0.3 is 14.3 Å². The van der Waals surface area contributed by atoms with E-state index < -0.39 is 0 Å². The highest BCUT2D eigenvalue weighted by Gasteiger charge is 2.11. The predicted octanol–water partition coefficient (Wildman–Crippen LogP) is 4.54. The van der Waals surface area contributed by atoms with Crippen LogP contribution in [0.1, 0.15) is 23.9 Å². The second kappa shape index (κ2) is 7.21. The fraction of sp³-hybridized carbons (Fsp3) is 0.250. The Morgan fingerprint density at radius 2 is 1.92 bits per heavy atom. The van der Waals surface area contributed by atoms with Crippen LogP contribution in [0, 0.1) is 6.92 Å². The first-order valence-corrected chi connectivity index (χ1v) is 8.13. The number of ether oxygens (including phenoxy) is 1. The minimum absolute atomic E-state index is 0.310. The molecule has 0 saturated carbocycles. The predicted molar refractivity (Wildman–Crippen MR) is 93.4 cm³/mol. The molecule has 0 aliphatic carbocycles. The lowest BCUT2D eigenvalue weighted by molar-refractivity contribution is 0.319. The van der Waals surface area contributed by atoms with E-state index in [1.54, 1.807) is 12.1 Å². The summed E-state index contributed by atoms with van der Waals surface area (Å²) < 4.78 is 11.5. The Bertz CT molecular complexity index is 809. The van der Waals surface area contributed by atoms with Crippen molar-refractivity contribution in [1.29, 1.82) is 0 Å². The minimum atomic E-state index is 0.310. The fourth-order valence-corrected chi connectivity index (χ4v) is 2.56. The van der Waals surface area contributed by atoms with Crippen LogP contribution in [0.4, 0.5) is 0 Å². The van der Waals surface area contributed by atoms with Gasteiger partial charge in [0, 0.05) is 12.0 Å². The van der Waals surface area contributed by atoms with E-state index >= 15 is 0 Å². The third kappa shape index (κ3) is 3.59. The van der Waals surface area contributed by atoms with Crippen LogP contribution in [-0.4, -0.2) is 16.7 Å². The van der Waals surface area contributed by atoms with Gasteiger partial charge in [-0.25, -0.2) is 4.98 Å². The Labute approximate surface area is 141 Å². The average Bonchev–Trinajstić information content (AvgIpc) is 2.98. The van der Waals surface area contributed by atoms with Crippen LogP contribution in [-0.2, 0) is 12.8 Å². The molecular formula is C20H21NO3. The molecule has 0 unspecified atom stereocenters. The summed E-state index contributed by atoms with van der Waals surface area (Å²) in [7, 11) is 0. The highest BCUT2D eigenvalue weighted by atomic mass is 16.5. The standard InChI is InChI=1S/C20H21NO3/c1-3-15-13-17(9-10-19(15)22)23-12-11-18-14(2)24-20(21-18)16-7-5-4-6-8-16/h4-10,13,22H,3,11-12H2,1-2H3. The molecule has 0 aliphatic heterocycles. The number of hydrogen-bond acceptors (Lipinski definition) is 4. The molecule has 0 fully saturated rings. The number of oxazole rings is 1. The molecule has 0 aliphatic rings. The van der Waals surface area contributed by atoms with Crippen molar-refractivity contribution in [2.24, 2.45) is 0 Å². The van der Waals surface area contributed by atoms with Gasteiger partial charge in [0.1, 0.15) is 17.3 Å². The van der Waals surface area contributed by atoms with Gasteiger partial charge in [-0.15, -0.1) is 0 Å². The number of phenolic OH excluding ortho intramolecular Hbond substituents is 1. The molecule has 24 heavy (non-hydrogen) atoms. The molecule has 0 spiro atoms. The maximum absolute atomic E-state index is 9.71. The molecule has 2 aromatic carbocycles. The maximum atomic E-state index is 9.71. The Balaban J connectivity index is 1.64. The summed E-state index contributed by atoms with van der Waals surface area (Å²) in [5.74, 6) is 2.53. The number of hydrogen-bond donors (Lipinski definition) is 1. The highest BCUT2D eigenvalue weighted by Crippen LogP contribution is 2.24. The van der Waals surface area contributed by atoms with Crippen LogP contribution < -0.4 is 4.74 Å². The van der Waals surface area contributed by atoms with Crippen LogP contribution in [0.2, 0.25) is 0 Å². The van der Waals surface area contributed by atoms with Gasteiger partial charge in [0.2, 0.25) is 5.89 Å². The molecule has 1 N–H and O–H groups in total. The molecule has 1 aromatic heterocycles. The Morgan fingerprint density at radius 3 is 2.67 bits per heavy atom. The van der Waals surface area contributed by atoms with Gasteiger partial charge in [-0.1, -0.05) is 25.1 Å². The zero-order chi connectivity index (χ0) is 16.9. The van der Waals surface area contributed by atoms with Gasteiger partial charge in [-0.2, -0.15) is 0 Å². The number of aryl methyl sites for hydroxylation is 2. The number of phenols is 1. The van der Waals surface area contributed by atoms with Crippen molar-refractivity contribution in [1.82, 2.24) is 4.98 Å². The van der Waals surface area contributed by atoms with E-state index in [1.165, 1.54) is 0 Å². The summed E-state index contributed by atoms with van der Waals surface area (Å²) >= 11 is 0. The van der Waals surface area contributed by atoms with E-state index in [9.17, 15) is 5.11 Å². The van der Waals surface area contributed by atoms with Crippen molar-refractivity contribution in [3.63, 3.8) is 0 Å². The third-order valence-electron chi connectivity index (χ3n) is 3.95. The lowest BCUT2D eigenvalue weighted by Crippen LogP contribution is -2.03. The summed E-state index contributed by atoms with van der Waals surface area (Å²) in [5.41, 5.74) is 2.76. The molecule has 0 amide bonds. The van der Waals surface area contributed by atoms with Crippen LogP contribution in [0.3, 0.4) is 0 Å². The molecule has 4 heteroatoms. The summed E-state index contributed by atoms with van der Waals surface area (Å²) in [5, 5.41) is 9.71. The Hall–Kier alpha value is -2.75. The van der Waals surface area contributed by atoms with Crippen molar-refractivity contribution >= 4 is 0 Å². The van der Waals surface area contributed by atoms with Gasteiger partial charge in [0.05, 0.1) is 12.3 Å². The van der Waals surface area contributed by atoms with Gasteiger partial charge in [0.15, 0.2) is 0 Å². The topological polar surface area (TPSA) is 55.5 Å². The first-order valence-electron chi connectivity index (χ1n) is 8.13. The van der Waals surface area contributed by atoms with E-state index in [0.717, 1.165) is 34.8 Å². The van der Waals surface area contributed by atoms with Crippen molar-refractivity contribution in [3.05, 3.63) is 65.5 Å². The SMILES string of the molecule is CCc1cc(OCCc2nc(-c3ccccc3)oc2C)ccc1O. The van der Waals surface area contributed by atoms with Crippen LogP contribution >= 0.6 is 0 Å². The van der Waals surface area contributed by atoms with E-state index in [2.05, 4.69) is 4.98 Å². The molecule has 4 nitrogen and oxygen atoms in total. The second-order valence-electron chi connectivity index (χ2n) is 5.63. The maximum Gasteiger partial charge on any atom is 0.226 e. The van der Waals surface area contributed by atoms with E-state index in [-0.39, 0.29) is 0 Å². The quantitative estimate of drug-likeness (QED) is 0.723. The van der Waals surface area contributed by atoms with E-state index in [1.807, 2.05) is 50.2 Å². The number of benzene rings is 2. The summed E-state index contributed by atoms with van der Waals surface area (Å²) in [6.07, 6.45) is 1.44. The number of aromatic hydroxyl groups is 1. The van der Waals surface area contributed by atoms with Gasteiger partial charge in [-0.05, 0) is 49.2 Å². The lowest BCUT2D eigenvalue weighted by atomic mass is 10.1.